The van der Waals surface area contributed by atoms with Crippen molar-refractivity contribution in [3.63, 3.8) is 0 Å². The van der Waals surface area contributed by atoms with Gasteiger partial charge in [0.15, 0.2) is 0 Å². The number of benzene rings is 1. The minimum atomic E-state index is -0.821. The Balaban J connectivity index is 1.57. The summed E-state index contributed by atoms with van der Waals surface area (Å²) in [6, 6.07) is 9.25. The van der Waals surface area contributed by atoms with Crippen LogP contribution in [0.5, 0.6) is 0 Å². The highest BCUT2D eigenvalue weighted by atomic mass is 32.1. The maximum absolute atomic E-state index is 13.5. The van der Waals surface area contributed by atoms with Crippen molar-refractivity contribution in [1.82, 2.24) is 4.90 Å². The number of carbonyl (C=O) groups is 4. The largest absolute Gasteiger partial charge is 0.462 e. The molecule has 1 aromatic heterocycles. The lowest BCUT2D eigenvalue weighted by atomic mass is 9.88. The maximum Gasteiger partial charge on any atom is 0.338 e. The Hall–Kier alpha value is -3.00. The van der Waals surface area contributed by atoms with Crippen molar-refractivity contribution in [2.24, 2.45) is 5.92 Å². The molecule has 2 aromatic rings. The molecule has 33 heavy (non-hydrogen) atoms. The van der Waals surface area contributed by atoms with Crippen LogP contribution in [0.3, 0.4) is 0 Å². The van der Waals surface area contributed by atoms with Gasteiger partial charge < -0.3 is 9.64 Å². The molecule has 2 fully saturated rings. The number of ether oxygens (including phenoxy) is 1. The second kappa shape index (κ2) is 10.3. The highest BCUT2D eigenvalue weighted by molar-refractivity contribution is 7.09. The average molecular weight is 469 g/mol. The number of rotatable bonds is 7. The number of imide groups is 1. The first-order valence-electron chi connectivity index (χ1n) is 11.5. The molecule has 1 unspecified atom stereocenters. The number of amides is 3. The molecule has 1 atom stereocenters. The fraction of sp³-hybridized carbons (Fsp3) is 0.440. The Labute approximate surface area is 197 Å². The molecule has 0 N–H and O–H groups in total. The summed E-state index contributed by atoms with van der Waals surface area (Å²) in [5.74, 6) is -1.33. The van der Waals surface area contributed by atoms with Crippen LogP contribution in [-0.2, 0) is 25.7 Å². The van der Waals surface area contributed by atoms with Gasteiger partial charge >= 0.3 is 5.97 Å². The first kappa shape index (κ1) is 23.2. The van der Waals surface area contributed by atoms with E-state index in [9.17, 15) is 19.2 Å². The molecule has 1 aliphatic carbocycles. The van der Waals surface area contributed by atoms with Gasteiger partial charge in [0.1, 0.15) is 6.04 Å². The molecule has 0 spiro atoms. The Morgan fingerprint density at radius 1 is 1.09 bits per heavy atom. The maximum atomic E-state index is 13.5. The van der Waals surface area contributed by atoms with E-state index in [1.165, 1.54) is 23.5 Å². The standard InChI is InChI=1S/C25H28N2O5S/c1-2-32-25(31)18-10-12-19(13-11-18)27-22(28)15-21(24(27)30)26(16-20-9-6-14-33-20)23(29)17-7-4-3-5-8-17/h6,9-14,17,21H,2-5,7-8,15-16H2,1H3. The van der Waals surface area contributed by atoms with E-state index in [4.69, 9.17) is 4.74 Å². The lowest BCUT2D eigenvalue weighted by molar-refractivity contribution is -0.143. The van der Waals surface area contributed by atoms with Gasteiger partial charge in [-0.15, -0.1) is 11.3 Å². The van der Waals surface area contributed by atoms with Crippen LogP contribution in [0.25, 0.3) is 0 Å². The minimum Gasteiger partial charge on any atom is -0.462 e. The van der Waals surface area contributed by atoms with Gasteiger partial charge in [-0.05, 0) is 55.5 Å². The van der Waals surface area contributed by atoms with Crippen LogP contribution in [-0.4, -0.2) is 41.2 Å². The van der Waals surface area contributed by atoms with Crippen LogP contribution in [0.1, 0.15) is 60.7 Å². The summed E-state index contributed by atoms with van der Waals surface area (Å²) in [5, 5.41) is 1.94. The molecule has 1 aromatic carbocycles. The monoisotopic (exact) mass is 468 g/mol. The number of anilines is 1. The molecule has 174 valence electrons. The second-order valence-electron chi connectivity index (χ2n) is 8.44. The molecular weight excluding hydrogens is 440 g/mol. The van der Waals surface area contributed by atoms with Crippen LogP contribution in [0.4, 0.5) is 5.69 Å². The lowest BCUT2D eigenvalue weighted by Crippen LogP contribution is -2.47. The third kappa shape index (κ3) is 5.00. The molecule has 1 aliphatic heterocycles. The van der Waals surface area contributed by atoms with E-state index in [2.05, 4.69) is 0 Å². The predicted molar refractivity (Wildman–Crippen MR) is 125 cm³/mol. The molecule has 1 saturated carbocycles. The van der Waals surface area contributed by atoms with Crippen LogP contribution in [0.15, 0.2) is 41.8 Å². The quantitative estimate of drug-likeness (QED) is 0.450. The van der Waals surface area contributed by atoms with Crippen molar-refractivity contribution in [3.05, 3.63) is 52.2 Å². The van der Waals surface area contributed by atoms with E-state index < -0.39 is 17.9 Å². The van der Waals surface area contributed by atoms with E-state index in [0.717, 1.165) is 41.9 Å². The predicted octanol–water partition coefficient (Wildman–Crippen LogP) is 4.17. The van der Waals surface area contributed by atoms with Crippen molar-refractivity contribution in [2.75, 3.05) is 11.5 Å². The molecule has 0 bridgehead atoms. The van der Waals surface area contributed by atoms with E-state index in [1.54, 1.807) is 24.0 Å². The minimum absolute atomic E-state index is 0.0336. The summed E-state index contributed by atoms with van der Waals surface area (Å²) in [5.41, 5.74) is 0.741. The Kier molecular flexibility index (Phi) is 7.23. The zero-order valence-electron chi connectivity index (χ0n) is 18.7. The molecule has 1 saturated heterocycles. The van der Waals surface area contributed by atoms with Gasteiger partial charge in [0, 0.05) is 10.8 Å². The molecule has 2 aliphatic rings. The van der Waals surface area contributed by atoms with Crippen LogP contribution < -0.4 is 4.90 Å². The summed E-state index contributed by atoms with van der Waals surface area (Å²) in [6.45, 7) is 2.32. The smallest absolute Gasteiger partial charge is 0.338 e. The molecule has 0 radical (unpaired) electrons. The zero-order chi connectivity index (χ0) is 23.4. The van der Waals surface area contributed by atoms with Crippen LogP contribution in [0.2, 0.25) is 0 Å². The van der Waals surface area contributed by atoms with E-state index in [-0.39, 0.29) is 30.8 Å². The number of nitrogens with zero attached hydrogens (tertiary/aromatic N) is 2. The average Bonchev–Trinajstić information content (AvgIpc) is 3.45. The third-order valence-electron chi connectivity index (χ3n) is 6.28. The number of thiophene rings is 1. The van der Waals surface area contributed by atoms with Gasteiger partial charge in [-0.2, -0.15) is 0 Å². The normalized spacial score (nSPS) is 19.1. The molecule has 8 heteroatoms. The molecule has 7 nitrogen and oxygen atoms in total. The van der Waals surface area contributed by atoms with E-state index >= 15 is 0 Å². The SMILES string of the molecule is CCOC(=O)c1ccc(N2C(=O)CC(N(Cc3cccs3)C(=O)C3CCCCC3)C2=O)cc1. The van der Waals surface area contributed by atoms with Gasteiger partial charge in [0.05, 0.1) is 30.8 Å². The molecular formula is C25H28N2O5S. The van der Waals surface area contributed by atoms with Gasteiger partial charge in [-0.1, -0.05) is 25.3 Å². The van der Waals surface area contributed by atoms with Gasteiger partial charge in [-0.25, -0.2) is 9.69 Å². The highest BCUT2D eigenvalue weighted by Crippen LogP contribution is 2.32. The van der Waals surface area contributed by atoms with Crippen molar-refractivity contribution < 1.29 is 23.9 Å². The number of hydrogen-bond donors (Lipinski definition) is 0. The molecule has 2 heterocycles. The topological polar surface area (TPSA) is 84.0 Å². The fourth-order valence-electron chi connectivity index (χ4n) is 4.59. The highest BCUT2D eigenvalue weighted by Gasteiger charge is 2.45. The zero-order valence-corrected chi connectivity index (χ0v) is 19.5. The Morgan fingerprint density at radius 3 is 2.45 bits per heavy atom. The van der Waals surface area contributed by atoms with Gasteiger partial charge in [0.25, 0.3) is 5.91 Å². The first-order valence-corrected chi connectivity index (χ1v) is 12.3. The number of carbonyl (C=O) groups excluding carboxylic acids is 4. The van der Waals surface area contributed by atoms with E-state index in [1.807, 2.05) is 17.5 Å². The van der Waals surface area contributed by atoms with E-state index in [0.29, 0.717) is 17.8 Å². The van der Waals surface area contributed by atoms with Crippen molar-refractivity contribution in [1.29, 1.82) is 0 Å². The number of esters is 1. The molecule has 4 rings (SSSR count). The summed E-state index contributed by atoms with van der Waals surface area (Å²) in [7, 11) is 0. The summed E-state index contributed by atoms with van der Waals surface area (Å²) in [6.07, 6.45) is 4.77. The summed E-state index contributed by atoms with van der Waals surface area (Å²) < 4.78 is 4.99. The van der Waals surface area contributed by atoms with Gasteiger partial charge in [0.2, 0.25) is 11.8 Å². The Bertz CT molecular complexity index is 1010. The van der Waals surface area contributed by atoms with Crippen molar-refractivity contribution in [3.8, 4) is 0 Å². The number of hydrogen-bond acceptors (Lipinski definition) is 6. The Morgan fingerprint density at radius 2 is 1.82 bits per heavy atom. The third-order valence-corrected chi connectivity index (χ3v) is 7.14. The second-order valence-corrected chi connectivity index (χ2v) is 9.47. The van der Waals surface area contributed by atoms with Crippen LogP contribution in [0, 0.1) is 5.92 Å². The summed E-state index contributed by atoms with van der Waals surface area (Å²) >= 11 is 1.53. The lowest BCUT2D eigenvalue weighted by Gasteiger charge is -2.32. The van der Waals surface area contributed by atoms with Crippen molar-refractivity contribution >= 4 is 40.7 Å². The van der Waals surface area contributed by atoms with Crippen molar-refractivity contribution in [2.45, 2.75) is 58.0 Å². The first-order chi connectivity index (χ1) is 16.0. The molecule has 3 amide bonds. The van der Waals surface area contributed by atoms with Crippen LogP contribution >= 0.6 is 11.3 Å². The fourth-order valence-corrected chi connectivity index (χ4v) is 5.29. The summed E-state index contributed by atoms with van der Waals surface area (Å²) in [4.78, 5) is 55.5. The van der Waals surface area contributed by atoms with Gasteiger partial charge in [-0.3, -0.25) is 14.4 Å².